The summed E-state index contributed by atoms with van der Waals surface area (Å²) in [5, 5.41) is 7.42. The second-order valence-corrected chi connectivity index (χ2v) is 5.07. The lowest BCUT2D eigenvalue weighted by Gasteiger charge is -2.02. The first kappa shape index (κ1) is 22.0. The van der Waals surface area contributed by atoms with E-state index in [0.29, 0.717) is 13.0 Å². The van der Waals surface area contributed by atoms with E-state index in [2.05, 4.69) is 13.5 Å². The summed E-state index contributed by atoms with van der Waals surface area (Å²) < 4.78 is 4.91. The molecule has 124 valence electrons. The van der Waals surface area contributed by atoms with Crippen molar-refractivity contribution in [2.24, 2.45) is 0 Å². The summed E-state index contributed by atoms with van der Waals surface area (Å²) in [6, 6.07) is 0. The van der Waals surface area contributed by atoms with Crippen molar-refractivity contribution in [1.82, 2.24) is 0 Å². The lowest BCUT2D eigenvalue weighted by molar-refractivity contribution is -0.142. The van der Waals surface area contributed by atoms with Crippen LogP contribution in [0.2, 0.25) is 0 Å². The number of carbonyl (C=O) groups is 2. The first-order valence-corrected chi connectivity index (χ1v) is 8.00. The minimum atomic E-state index is -0.833. The van der Waals surface area contributed by atoms with Crippen molar-refractivity contribution in [3.8, 4) is 0 Å². The summed E-state index contributed by atoms with van der Waals surface area (Å²) in [6.45, 7) is 7.18. The molecule has 0 aliphatic rings. The average molecular weight is 300 g/mol. The second kappa shape index (κ2) is 18.7. The highest BCUT2D eigenvalue weighted by Crippen LogP contribution is 2.10. The molecule has 0 rings (SSSR count). The van der Waals surface area contributed by atoms with Crippen LogP contribution in [-0.2, 0) is 14.3 Å². The number of unbranched alkanes of at least 4 members (excludes halogenated alkanes) is 8. The predicted molar refractivity (Wildman–Crippen MR) is 86.3 cm³/mol. The predicted octanol–water partition coefficient (Wildman–Crippen LogP) is 4.73. The van der Waals surface area contributed by atoms with E-state index < -0.39 is 5.97 Å². The van der Waals surface area contributed by atoms with Crippen LogP contribution in [0.4, 0.5) is 0 Å². The van der Waals surface area contributed by atoms with Gasteiger partial charge in [-0.25, -0.2) is 0 Å². The summed E-state index contributed by atoms with van der Waals surface area (Å²) in [4.78, 5) is 20.1. The molecule has 21 heavy (non-hydrogen) atoms. The summed E-state index contributed by atoms with van der Waals surface area (Å²) >= 11 is 0. The smallest absolute Gasteiger partial charge is 0.306 e. The fraction of sp³-hybridized carbons (Fsp3) is 0.765. The molecule has 0 saturated carbocycles. The summed E-state index contributed by atoms with van der Waals surface area (Å²) in [7, 11) is 0. The molecule has 0 amide bonds. The van der Waals surface area contributed by atoms with Gasteiger partial charge in [0.15, 0.2) is 0 Å². The Morgan fingerprint density at radius 1 is 1.00 bits per heavy atom. The molecule has 4 nitrogen and oxygen atoms in total. The van der Waals surface area contributed by atoms with Gasteiger partial charge in [-0.2, -0.15) is 0 Å². The van der Waals surface area contributed by atoms with Crippen LogP contribution in [0.3, 0.4) is 0 Å². The molecule has 0 radical (unpaired) electrons. The number of ether oxygens (including phenoxy) is 1. The number of carbonyl (C=O) groups excluding carboxylic acids is 1. The molecule has 0 aromatic rings. The lowest BCUT2D eigenvalue weighted by Crippen LogP contribution is -2.03. The second-order valence-electron chi connectivity index (χ2n) is 5.07. The highest BCUT2D eigenvalue weighted by Gasteiger charge is 2.00. The molecule has 0 unspecified atom stereocenters. The van der Waals surface area contributed by atoms with E-state index in [0.717, 1.165) is 19.8 Å². The van der Waals surface area contributed by atoms with Crippen molar-refractivity contribution in [3.05, 3.63) is 12.7 Å². The molecule has 0 aliphatic carbocycles. The molecule has 0 aromatic heterocycles. The monoisotopic (exact) mass is 300 g/mol. The van der Waals surface area contributed by atoms with Gasteiger partial charge in [-0.3, -0.25) is 9.59 Å². The van der Waals surface area contributed by atoms with E-state index in [1.54, 1.807) is 6.08 Å². The van der Waals surface area contributed by atoms with E-state index in [1.807, 2.05) is 0 Å². The molecule has 0 aliphatic heterocycles. The topological polar surface area (TPSA) is 63.6 Å². The molecule has 0 fully saturated rings. The third-order valence-electron chi connectivity index (χ3n) is 2.85. The van der Waals surface area contributed by atoms with Gasteiger partial charge in [-0.05, 0) is 6.42 Å². The number of hydrogen-bond acceptors (Lipinski definition) is 3. The quantitative estimate of drug-likeness (QED) is 0.321. The molecule has 4 heteroatoms. The molecule has 0 aromatic carbocycles. The Morgan fingerprint density at radius 3 is 1.86 bits per heavy atom. The van der Waals surface area contributed by atoms with Crippen LogP contribution in [0.15, 0.2) is 12.7 Å². The van der Waals surface area contributed by atoms with Crippen molar-refractivity contribution in [2.75, 3.05) is 6.61 Å². The molecule has 0 saturated heterocycles. The van der Waals surface area contributed by atoms with Crippen LogP contribution >= 0.6 is 0 Å². The van der Waals surface area contributed by atoms with Gasteiger partial charge in [0.05, 0.1) is 0 Å². The summed E-state index contributed by atoms with van der Waals surface area (Å²) in [6.07, 6.45) is 13.6. The molecular weight excluding hydrogens is 268 g/mol. The zero-order valence-corrected chi connectivity index (χ0v) is 13.7. The Balaban J connectivity index is 0. The van der Waals surface area contributed by atoms with Crippen molar-refractivity contribution >= 4 is 11.9 Å². The summed E-state index contributed by atoms with van der Waals surface area (Å²) in [5.41, 5.74) is 0. The van der Waals surface area contributed by atoms with Crippen molar-refractivity contribution in [2.45, 2.75) is 78.1 Å². The van der Waals surface area contributed by atoms with Crippen LogP contribution in [-0.4, -0.2) is 23.7 Å². The Morgan fingerprint density at radius 2 is 1.43 bits per heavy atom. The molecule has 0 heterocycles. The Hall–Kier alpha value is -1.32. The van der Waals surface area contributed by atoms with Gasteiger partial charge < -0.3 is 9.84 Å². The first-order chi connectivity index (χ1) is 10.0. The van der Waals surface area contributed by atoms with Gasteiger partial charge in [0.25, 0.3) is 5.97 Å². The van der Waals surface area contributed by atoms with E-state index in [1.165, 1.54) is 44.9 Å². The first-order valence-electron chi connectivity index (χ1n) is 8.00. The normalized spacial score (nSPS) is 9.43. The van der Waals surface area contributed by atoms with Crippen LogP contribution in [0.25, 0.3) is 0 Å². The van der Waals surface area contributed by atoms with E-state index in [9.17, 15) is 4.79 Å². The number of aliphatic carboxylic acids is 1. The summed E-state index contributed by atoms with van der Waals surface area (Å²) in [5.74, 6) is -0.923. The average Bonchev–Trinajstić information content (AvgIpc) is 2.42. The third kappa shape index (κ3) is 27.8. The van der Waals surface area contributed by atoms with Crippen molar-refractivity contribution in [1.29, 1.82) is 0 Å². The highest BCUT2D eigenvalue weighted by molar-refractivity contribution is 5.69. The SMILES string of the molecule is C=CCOC(=O)CCCCCCCCCCC.CC(=O)O. The largest absolute Gasteiger partial charge is 0.481 e. The van der Waals surface area contributed by atoms with Crippen molar-refractivity contribution in [3.63, 3.8) is 0 Å². The fourth-order valence-electron chi connectivity index (χ4n) is 1.80. The standard InChI is InChI=1S/C15H28O2.C2H4O2/c1-3-5-6-7-8-9-10-11-12-13-15(16)17-14-4-2;1-2(3)4/h4H,2-3,5-14H2,1H3;1H3,(H,3,4). The van der Waals surface area contributed by atoms with E-state index in [-0.39, 0.29) is 5.97 Å². The van der Waals surface area contributed by atoms with Gasteiger partial charge in [0.1, 0.15) is 6.61 Å². The third-order valence-corrected chi connectivity index (χ3v) is 2.85. The number of carboxylic acid groups (broad SMARTS) is 1. The maximum atomic E-state index is 11.1. The van der Waals surface area contributed by atoms with Gasteiger partial charge in [-0.1, -0.05) is 70.9 Å². The number of carboxylic acids is 1. The molecule has 0 bridgehead atoms. The van der Waals surface area contributed by atoms with Gasteiger partial charge in [-0.15, -0.1) is 0 Å². The number of rotatable bonds is 12. The van der Waals surface area contributed by atoms with Crippen LogP contribution < -0.4 is 0 Å². The Bertz CT molecular complexity index is 258. The van der Waals surface area contributed by atoms with E-state index >= 15 is 0 Å². The Kier molecular flexibility index (Phi) is 19.5. The van der Waals surface area contributed by atoms with Crippen LogP contribution in [0, 0.1) is 0 Å². The molecular formula is C17H32O4. The van der Waals surface area contributed by atoms with Crippen molar-refractivity contribution < 1.29 is 19.4 Å². The van der Waals surface area contributed by atoms with Gasteiger partial charge in [0.2, 0.25) is 0 Å². The van der Waals surface area contributed by atoms with E-state index in [4.69, 9.17) is 14.6 Å². The lowest BCUT2D eigenvalue weighted by atomic mass is 10.1. The van der Waals surface area contributed by atoms with Gasteiger partial charge in [0, 0.05) is 13.3 Å². The molecule has 1 N–H and O–H groups in total. The highest BCUT2D eigenvalue weighted by atomic mass is 16.5. The minimum Gasteiger partial charge on any atom is -0.481 e. The van der Waals surface area contributed by atoms with Gasteiger partial charge >= 0.3 is 5.97 Å². The van der Waals surface area contributed by atoms with Crippen LogP contribution in [0.1, 0.15) is 78.1 Å². The van der Waals surface area contributed by atoms with Crippen LogP contribution in [0.5, 0.6) is 0 Å². The number of hydrogen-bond donors (Lipinski definition) is 1. The maximum absolute atomic E-state index is 11.1. The zero-order valence-electron chi connectivity index (χ0n) is 13.7. The maximum Gasteiger partial charge on any atom is 0.306 e. The fourth-order valence-corrected chi connectivity index (χ4v) is 1.80. The Labute approximate surface area is 129 Å². The number of esters is 1. The molecule has 0 atom stereocenters. The zero-order chi connectivity index (χ0) is 16.3. The minimum absolute atomic E-state index is 0.0900. The molecule has 0 spiro atoms.